The Balaban J connectivity index is 1.55. The van der Waals surface area contributed by atoms with Gasteiger partial charge in [-0.05, 0) is 47.9 Å². The van der Waals surface area contributed by atoms with E-state index in [1.165, 1.54) is 4.88 Å². The Kier molecular flexibility index (Phi) is 7.69. The fraction of sp³-hybridized carbons (Fsp3) is 0.182. The lowest BCUT2D eigenvalue weighted by molar-refractivity contribution is 0.0955. The van der Waals surface area contributed by atoms with E-state index in [9.17, 15) is 4.79 Å². The van der Waals surface area contributed by atoms with E-state index in [0.29, 0.717) is 28.0 Å². The Bertz CT molecular complexity index is 1020. The molecule has 3 rings (SSSR count). The van der Waals surface area contributed by atoms with Gasteiger partial charge in [-0.2, -0.15) is 5.10 Å². The van der Waals surface area contributed by atoms with Gasteiger partial charge in [0.05, 0.1) is 21.8 Å². The van der Waals surface area contributed by atoms with Gasteiger partial charge in [0.1, 0.15) is 12.4 Å². The number of hydrogen-bond donors (Lipinski definition) is 1. The molecule has 0 fully saturated rings. The number of hydrazone groups is 1. The Hall–Kier alpha value is -2.34. The van der Waals surface area contributed by atoms with Crippen molar-refractivity contribution >= 4 is 46.7 Å². The van der Waals surface area contributed by atoms with Gasteiger partial charge in [0.25, 0.3) is 5.91 Å². The van der Waals surface area contributed by atoms with Crippen molar-refractivity contribution in [2.75, 3.05) is 0 Å². The topological polar surface area (TPSA) is 50.7 Å². The third-order valence-corrected chi connectivity index (χ3v) is 5.78. The number of rotatable bonds is 8. The minimum Gasteiger partial charge on any atom is -0.489 e. The van der Waals surface area contributed by atoms with Crippen LogP contribution in [-0.4, -0.2) is 12.1 Å². The summed E-state index contributed by atoms with van der Waals surface area (Å²) in [5, 5.41) is 6.91. The van der Waals surface area contributed by atoms with Gasteiger partial charge in [-0.3, -0.25) is 4.79 Å². The van der Waals surface area contributed by atoms with Gasteiger partial charge in [0.2, 0.25) is 0 Å². The Morgan fingerprint density at radius 3 is 2.83 bits per heavy atom. The van der Waals surface area contributed by atoms with Crippen LogP contribution >= 0.6 is 34.5 Å². The molecule has 1 heterocycles. The average molecular weight is 447 g/mol. The van der Waals surface area contributed by atoms with Crippen LogP contribution in [0.1, 0.15) is 39.7 Å². The highest BCUT2D eigenvalue weighted by molar-refractivity contribution is 7.10. The standard InChI is InChI=1S/C22H20Cl2N2O2S/c1-2-4-19-11-17(14-29-19)22(27)26-25-12-15-5-3-6-18(9-15)28-13-16-7-8-20(23)21(24)10-16/h3,5-12,14H,2,4,13H2,1H3,(H,26,27). The van der Waals surface area contributed by atoms with Crippen LogP contribution in [0.2, 0.25) is 10.0 Å². The molecule has 1 amide bonds. The molecule has 0 unspecified atom stereocenters. The van der Waals surface area contributed by atoms with Crippen LogP contribution in [0.25, 0.3) is 0 Å². The second kappa shape index (κ2) is 10.4. The zero-order valence-electron chi connectivity index (χ0n) is 15.8. The Morgan fingerprint density at radius 1 is 1.17 bits per heavy atom. The van der Waals surface area contributed by atoms with Gasteiger partial charge in [-0.1, -0.05) is 54.7 Å². The van der Waals surface area contributed by atoms with E-state index in [-0.39, 0.29) is 5.91 Å². The number of nitrogens with zero attached hydrogens (tertiary/aromatic N) is 1. The van der Waals surface area contributed by atoms with Crippen molar-refractivity contribution in [2.45, 2.75) is 26.4 Å². The van der Waals surface area contributed by atoms with Crippen molar-refractivity contribution in [1.82, 2.24) is 5.43 Å². The number of hydrogen-bond acceptors (Lipinski definition) is 4. The first-order chi connectivity index (χ1) is 14.0. The van der Waals surface area contributed by atoms with E-state index in [1.807, 2.05) is 41.8 Å². The normalized spacial score (nSPS) is 11.0. The van der Waals surface area contributed by atoms with Gasteiger partial charge < -0.3 is 4.74 Å². The van der Waals surface area contributed by atoms with Gasteiger partial charge >= 0.3 is 0 Å². The molecule has 1 aromatic heterocycles. The van der Waals surface area contributed by atoms with Crippen molar-refractivity contribution < 1.29 is 9.53 Å². The number of carbonyl (C=O) groups is 1. The number of amides is 1. The number of halogens is 2. The average Bonchev–Trinajstić information content (AvgIpc) is 3.18. The lowest BCUT2D eigenvalue weighted by atomic mass is 10.2. The zero-order valence-corrected chi connectivity index (χ0v) is 18.2. The molecule has 1 N–H and O–H groups in total. The number of thiophene rings is 1. The lowest BCUT2D eigenvalue weighted by Gasteiger charge is -2.08. The molecule has 0 aliphatic heterocycles. The van der Waals surface area contributed by atoms with Crippen LogP contribution in [0.15, 0.2) is 59.0 Å². The molecule has 4 nitrogen and oxygen atoms in total. The van der Waals surface area contributed by atoms with E-state index < -0.39 is 0 Å². The van der Waals surface area contributed by atoms with Crippen LogP contribution in [0.3, 0.4) is 0 Å². The number of aryl methyl sites for hydroxylation is 1. The molecule has 0 saturated carbocycles. The minimum atomic E-state index is -0.216. The Labute approximate surface area is 184 Å². The largest absolute Gasteiger partial charge is 0.489 e. The molecule has 7 heteroatoms. The molecule has 0 aliphatic rings. The number of nitrogens with one attached hydrogen (secondary N) is 1. The van der Waals surface area contributed by atoms with Gasteiger partial charge in [0.15, 0.2) is 0 Å². The summed E-state index contributed by atoms with van der Waals surface area (Å²) < 4.78 is 5.80. The molecular formula is C22H20Cl2N2O2S. The SMILES string of the molecule is CCCc1cc(C(=O)NN=Cc2cccc(OCc3ccc(Cl)c(Cl)c3)c2)cs1. The zero-order chi connectivity index (χ0) is 20.6. The number of benzene rings is 2. The fourth-order valence-corrected chi connectivity index (χ4v) is 3.88. The maximum Gasteiger partial charge on any atom is 0.272 e. The predicted molar refractivity (Wildman–Crippen MR) is 121 cm³/mol. The van der Waals surface area contributed by atoms with Crippen LogP contribution in [0.4, 0.5) is 0 Å². The van der Waals surface area contributed by atoms with Gasteiger partial charge in [-0.15, -0.1) is 11.3 Å². The van der Waals surface area contributed by atoms with Crippen molar-refractivity contribution in [3.8, 4) is 5.75 Å². The van der Waals surface area contributed by atoms with Crippen LogP contribution < -0.4 is 10.2 Å². The molecule has 0 atom stereocenters. The van der Waals surface area contributed by atoms with Crippen molar-refractivity contribution in [3.63, 3.8) is 0 Å². The monoisotopic (exact) mass is 446 g/mol. The van der Waals surface area contributed by atoms with Crippen LogP contribution in [0, 0.1) is 0 Å². The summed E-state index contributed by atoms with van der Waals surface area (Å²) in [7, 11) is 0. The molecule has 0 aliphatic carbocycles. The molecule has 0 saturated heterocycles. The van der Waals surface area contributed by atoms with E-state index in [2.05, 4.69) is 17.5 Å². The summed E-state index contributed by atoms with van der Waals surface area (Å²) in [6.07, 6.45) is 3.63. The molecule has 3 aromatic rings. The lowest BCUT2D eigenvalue weighted by Crippen LogP contribution is -2.16. The highest BCUT2D eigenvalue weighted by Crippen LogP contribution is 2.23. The summed E-state index contributed by atoms with van der Waals surface area (Å²) in [5.74, 6) is 0.472. The van der Waals surface area contributed by atoms with Crippen molar-refractivity contribution in [1.29, 1.82) is 0 Å². The van der Waals surface area contributed by atoms with Gasteiger partial charge in [-0.25, -0.2) is 5.43 Å². The second-order valence-corrected chi connectivity index (χ2v) is 8.17. The third kappa shape index (κ3) is 6.32. The second-order valence-electron chi connectivity index (χ2n) is 6.36. The maximum atomic E-state index is 12.2. The number of ether oxygens (including phenoxy) is 1. The van der Waals surface area contributed by atoms with E-state index in [1.54, 1.807) is 29.7 Å². The molecular weight excluding hydrogens is 427 g/mol. The highest BCUT2D eigenvalue weighted by Gasteiger charge is 2.07. The van der Waals surface area contributed by atoms with E-state index in [4.69, 9.17) is 27.9 Å². The summed E-state index contributed by atoms with van der Waals surface area (Å²) in [6.45, 7) is 2.48. The Morgan fingerprint density at radius 2 is 2.03 bits per heavy atom. The highest BCUT2D eigenvalue weighted by atomic mass is 35.5. The van der Waals surface area contributed by atoms with Gasteiger partial charge in [0, 0.05) is 10.3 Å². The first-order valence-corrected chi connectivity index (χ1v) is 10.8. The summed E-state index contributed by atoms with van der Waals surface area (Å²) in [6, 6.07) is 14.7. The summed E-state index contributed by atoms with van der Waals surface area (Å²) in [4.78, 5) is 13.4. The first-order valence-electron chi connectivity index (χ1n) is 9.12. The van der Waals surface area contributed by atoms with E-state index >= 15 is 0 Å². The minimum absolute atomic E-state index is 0.216. The smallest absolute Gasteiger partial charge is 0.272 e. The van der Waals surface area contributed by atoms with Crippen molar-refractivity contribution in [2.24, 2.45) is 5.10 Å². The maximum absolute atomic E-state index is 12.2. The van der Waals surface area contributed by atoms with Crippen LogP contribution in [-0.2, 0) is 13.0 Å². The predicted octanol–water partition coefficient (Wildman–Crippen LogP) is 6.35. The first kappa shape index (κ1) is 21.4. The third-order valence-electron chi connectivity index (χ3n) is 4.04. The molecule has 2 aromatic carbocycles. The number of carbonyl (C=O) groups excluding carboxylic acids is 1. The molecule has 0 radical (unpaired) electrons. The molecule has 150 valence electrons. The molecule has 0 bridgehead atoms. The summed E-state index contributed by atoms with van der Waals surface area (Å²) in [5.41, 5.74) is 4.93. The fourth-order valence-electron chi connectivity index (χ4n) is 2.59. The molecule has 29 heavy (non-hydrogen) atoms. The summed E-state index contributed by atoms with van der Waals surface area (Å²) >= 11 is 13.5. The van der Waals surface area contributed by atoms with Crippen molar-refractivity contribution in [3.05, 3.63) is 85.5 Å². The quantitative estimate of drug-likeness (QED) is 0.323. The van der Waals surface area contributed by atoms with E-state index in [0.717, 1.165) is 24.0 Å². The van der Waals surface area contributed by atoms with Crippen LogP contribution in [0.5, 0.6) is 5.75 Å². The molecule has 0 spiro atoms.